The fourth-order valence-electron chi connectivity index (χ4n) is 3.82. The molecule has 1 atom stereocenters. The summed E-state index contributed by atoms with van der Waals surface area (Å²) in [7, 11) is 0. The molecule has 6 nitrogen and oxygen atoms in total. The number of hydrogen-bond acceptors (Lipinski definition) is 4. The lowest BCUT2D eigenvalue weighted by Gasteiger charge is -2.19. The fraction of sp³-hybridized carbons (Fsp3) is 0.0370. The van der Waals surface area contributed by atoms with Crippen LogP contribution in [0.1, 0.15) is 27.8 Å². The van der Waals surface area contributed by atoms with Gasteiger partial charge >= 0.3 is 0 Å². The van der Waals surface area contributed by atoms with Crippen LogP contribution in [0.2, 0.25) is 0 Å². The number of aromatic nitrogens is 3. The summed E-state index contributed by atoms with van der Waals surface area (Å²) >= 11 is 0. The van der Waals surface area contributed by atoms with Gasteiger partial charge in [-0.05, 0) is 35.9 Å². The molecule has 6 heteroatoms. The number of amides is 1. The van der Waals surface area contributed by atoms with Gasteiger partial charge in [0.2, 0.25) is 0 Å². The molecule has 1 N–H and O–H groups in total. The Bertz CT molecular complexity index is 1430. The number of para-hydroxylation sites is 1. The van der Waals surface area contributed by atoms with E-state index in [4.69, 9.17) is 0 Å². The molecule has 1 amide bonds. The zero-order valence-electron chi connectivity index (χ0n) is 17.6. The molecule has 3 aromatic carbocycles. The van der Waals surface area contributed by atoms with Crippen molar-refractivity contribution >= 4 is 16.7 Å². The van der Waals surface area contributed by atoms with E-state index >= 15 is 0 Å². The van der Waals surface area contributed by atoms with Gasteiger partial charge in [-0.25, -0.2) is 0 Å². The molecule has 0 radical (unpaired) electrons. The zero-order valence-corrected chi connectivity index (χ0v) is 17.6. The van der Waals surface area contributed by atoms with Crippen LogP contribution in [0.5, 0.6) is 0 Å². The average Bonchev–Trinajstić information content (AvgIpc) is 2.89. The number of rotatable bonds is 5. The highest BCUT2D eigenvalue weighted by atomic mass is 16.2. The van der Waals surface area contributed by atoms with Gasteiger partial charge < -0.3 is 5.32 Å². The normalized spacial score (nSPS) is 11.8. The third kappa shape index (κ3) is 4.02. The third-order valence-electron chi connectivity index (χ3n) is 5.41. The summed E-state index contributed by atoms with van der Waals surface area (Å²) in [5.41, 5.74) is 2.08. The number of nitrogens with one attached hydrogen (secondary N) is 1. The van der Waals surface area contributed by atoms with Crippen molar-refractivity contribution in [2.45, 2.75) is 6.04 Å². The molecular formula is C27H20N4O2. The van der Waals surface area contributed by atoms with Gasteiger partial charge in [0.25, 0.3) is 11.5 Å². The monoisotopic (exact) mass is 432 g/mol. The Hall–Kier alpha value is -4.58. The second-order valence-corrected chi connectivity index (χ2v) is 7.52. The van der Waals surface area contributed by atoms with Gasteiger partial charge in [0, 0.05) is 11.6 Å². The molecule has 2 heterocycles. The van der Waals surface area contributed by atoms with Gasteiger partial charge in [-0.3, -0.25) is 14.6 Å². The SMILES string of the molecule is O=C(NC(c1ccccc1)c1ccccn1)c1nn(-c2ccccc2)c(=O)c2ccccc12. The van der Waals surface area contributed by atoms with E-state index in [1.54, 1.807) is 42.6 Å². The number of fused-ring (bicyclic) bond motifs is 1. The maximum absolute atomic E-state index is 13.6. The molecule has 0 spiro atoms. The Morgan fingerprint density at radius 3 is 2.09 bits per heavy atom. The highest BCUT2D eigenvalue weighted by Crippen LogP contribution is 2.22. The zero-order chi connectivity index (χ0) is 22.6. The van der Waals surface area contributed by atoms with Crippen molar-refractivity contribution in [3.8, 4) is 5.69 Å². The van der Waals surface area contributed by atoms with Gasteiger partial charge in [0.05, 0.1) is 22.8 Å². The van der Waals surface area contributed by atoms with Crippen LogP contribution in [0.3, 0.4) is 0 Å². The van der Waals surface area contributed by atoms with Crippen molar-refractivity contribution in [1.29, 1.82) is 0 Å². The lowest BCUT2D eigenvalue weighted by Crippen LogP contribution is -2.33. The number of carbonyl (C=O) groups excluding carboxylic acids is 1. The highest BCUT2D eigenvalue weighted by Gasteiger charge is 2.23. The van der Waals surface area contributed by atoms with Crippen LogP contribution in [0.15, 0.2) is 114 Å². The average molecular weight is 432 g/mol. The summed E-state index contributed by atoms with van der Waals surface area (Å²) < 4.78 is 1.27. The van der Waals surface area contributed by atoms with Gasteiger partial charge in [-0.2, -0.15) is 9.78 Å². The van der Waals surface area contributed by atoms with E-state index in [1.807, 2.05) is 66.7 Å². The summed E-state index contributed by atoms with van der Waals surface area (Å²) in [5.74, 6) is -0.393. The molecular weight excluding hydrogens is 412 g/mol. The predicted octanol–water partition coefficient (Wildman–Crippen LogP) is 4.30. The first kappa shape index (κ1) is 20.3. The summed E-state index contributed by atoms with van der Waals surface area (Å²) in [6, 6.07) is 30.8. The molecule has 33 heavy (non-hydrogen) atoms. The largest absolute Gasteiger partial charge is 0.338 e. The van der Waals surface area contributed by atoms with Crippen molar-refractivity contribution in [2.24, 2.45) is 0 Å². The molecule has 5 aromatic rings. The summed E-state index contributed by atoms with van der Waals surface area (Å²) in [4.78, 5) is 31.2. The maximum Gasteiger partial charge on any atom is 0.279 e. The van der Waals surface area contributed by atoms with E-state index in [-0.39, 0.29) is 11.3 Å². The molecule has 0 saturated carbocycles. The quantitative estimate of drug-likeness (QED) is 0.449. The first-order valence-corrected chi connectivity index (χ1v) is 10.6. The molecule has 5 rings (SSSR count). The molecule has 0 aliphatic carbocycles. The maximum atomic E-state index is 13.6. The minimum Gasteiger partial charge on any atom is -0.338 e. The number of benzene rings is 3. The molecule has 0 aliphatic rings. The Labute approximate surface area is 190 Å². The van der Waals surface area contributed by atoms with Crippen molar-refractivity contribution < 1.29 is 4.79 Å². The minimum absolute atomic E-state index is 0.172. The van der Waals surface area contributed by atoms with Crippen LogP contribution < -0.4 is 10.9 Å². The topological polar surface area (TPSA) is 76.9 Å². The number of nitrogens with zero attached hydrogens (tertiary/aromatic N) is 3. The first-order chi connectivity index (χ1) is 16.2. The Balaban J connectivity index is 1.63. The van der Waals surface area contributed by atoms with Crippen LogP contribution in [0.4, 0.5) is 0 Å². The molecule has 160 valence electrons. The second kappa shape index (κ2) is 8.88. The van der Waals surface area contributed by atoms with Crippen molar-refractivity contribution in [2.75, 3.05) is 0 Å². The van der Waals surface area contributed by atoms with Crippen molar-refractivity contribution in [1.82, 2.24) is 20.1 Å². The van der Waals surface area contributed by atoms with Gasteiger partial charge in [0.15, 0.2) is 5.69 Å². The minimum atomic E-state index is -0.474. The lowest BCUT2D eigenvalue weighted by atomic mass is 10.0. The summed E-state index contributed by atoms with van der Waals surface area (Å²) in [5, 5.41) is 8.49. The van der Waals surface area contributed by atoms with Crippen LogP contribution in [0.25, 0.3) is 16.5 Å². The van der Waals surface area contributed by atoms with E-state index in [0.29, 0.717) is 22.2 Å². The van der Waals surface area contributed by atoms with Crippen molar-refractivity contribution in [3.05, 3.63) is 137 Å². The van der Waals surface area contributed by atoms with Crippen molar-refractivity contribution in [3.63, 3.8) is 0 Å². The Kier molecular flexibility index (Phi) is 5.47. The predicted molar refractivity (Wildman–Crippen MR) is 127 cm³/mol. The second-order valence-electron chi connectivity index (χ2n) is 7.52. The van der Waals surface area contributed by atoms with E-state index in [0.717, 1.165) is 5.56 Å². The molecule has 2 aromatic heterocycles. The van der Waals surface area contributed by atoms with Crippen LogP contribution in [-0.2, 0) is 0 Å². The number of hydrogen-bond donors (Lipinski definition) is 1. The molecule has 1 unspecified atom stereocenters. The first-order valence-electron chi connectivity index (χ1n) is 10.6. The smallest absolute Gasteiger partial charge is 0.279 e. The summed E-state index contributed by atoms with van der Waals surface area (Å²) in [6.45, 7) is 0. The van der Waals surface area contributed by atoms with Crippen LogP contribution in [-0.4, -0.2) is 20.7 Å². The number of pyridine rings is 1. The summed E-state index contributed by atoms with van der Waals surface area (Å²) in [6.07, 6.45) is 1.70. The standard InChI is InChI=1S/C27H20N4O2/c32-26(29-24(19-11-3-1-4-12-19)23-17-9-10-18-28-23)25-21-15-7-8-16-22(21)27(33)31(30-25)20-13-5-2-6-14-20/h1-18,24H,(H,29,32). The van der Waals surface area contributed by atoms with E-state index < -0.39 is 11.9 Å². The van der Waals surface area contributed by atoms with Crippen LogP contribution >= 0.6 is 0 Å². The van der Waals surface area contributed by atoms with E-state index in [9.17, 15) is 9.59 Å². The molecule has 0 aliphatic heterocycles. The highest BCUT2D eigenvalue weighted by molar-refractivity contribution is 6.05. The third-order valence-corrected chi connectivity index (χ3v) is 5.41. The van der Waals surface area contributed by atoms with E-state index in [2.05, 4.69) is 15.4 Å². The fourth-order valence-corrected chi connectivity index (χ4v) is 3.82. The van der Waals surface area contributed by atoms with E-state index in [1.165, 1.54) is 4.68 Å². The lowest BCUT2D eigenvalue weighted by molar-refractivity contribution is 0.0937. The van der Waals surface area contributed by atoms with Crippen LogP contribution in [0, 0.1) is 0 Å². The molecule has 0 saturated heterocycles. The Morgan fingerprint density at radius 1 is 0.758 bits per heavy atom. The van der Waals surface area contributed by atoms with Gasteiger partial charge in [-0.1, -0.05) is 72.8 Å². The Morgan fingerprint density at radius 2 is 1.39 bits per heavy atom. The molecule has 0 fully saturated rings. The molecule has 0 bridgehead atoms. The van der Waals surface area contributed by atoms with Gasteiger partial charge in [-0.15, -0.1) is 0 Å². The van der Waals surface area contributed by atoms with Gasteiger partial charge in [0.1, 0.15) is 0 Å². The number of carbonyl (C=O) groups is 1.